The normalized spacial score (nSPS) is 26.5. The van der Waals surface area contributed by atoms with Crippen LogP contribution in [-0.4, -0.2) is 68.4 Å². The van der Waals surface area contributed by atoms with E-state index < -0.39 is 5.60 Å². The summed E-state index contributed by atoms with van der Waals surface area (Å²) in [5.74, 6) is 0.00381. The Balaban J connectivity index is 1.55. The van der Waals surface area contributed by atoms with Gasteiger partial charge in [-0.3, -0.25) is 4.79 Å². The number of nitrogens with one attached hydrogen (secondary N) is 1. The van der Waals surface area contributed by atoms with E-state index in [1.54, 1.807) is 0 Å². The van der Waals surface area contributed by atoms with E-state index in [1.165, 1.54) is 0 Å². The van der Waals surface area contributed by atoms with Crippen molar-refractivity contribution in [2.45, 2.75) is 18.4 Å². The van der Waals surface area contributed by atoms with Crippen molar-refractivity contribution in [1.29, 1.82) is 0 Å². The summed E-state index contributed by atoms with van der Waals surface area (Å²) in [4.78, 5) is 28.7. The summed E-state index contributed by atoms with van der Waals surface area (Å²) in [7, 11) is 0. The predicted octanol–water partition coefficient (Wildman–Crippen LogP) is 1.24. The van der Waals surface area contributed by atoms with Gasteiger partial charge in [-0.15, -0.1) is 0 Å². The van der Waals surface area contributed by atoms with E-state index in [9.17, 15) is 9.59 Å². The van der Waals surface area contributed by atoms with Gasteiger partial charge in [0, 0.05) is 25.3 Å². The Labute approximate surface area is 146 Å². The van der Waals surface area contributed by atoms with Gasteiger partial charge in [0.1, 0.15) is 5.60 Å². The molecular formula is C18H23N3O4. The topological polar surface area (TPSA) is 71.1 Å². The van der Waals surface area contributed by atoms with Crippen LogP contribution < -0.4 is 10.2 Å². The maximum absolute atomic E-state index is 13.2. The Morgan fingerprint density at radius 3 is 2.72 bits per heavy atom. The molecular weight excluding hydrogens is 322 g/mol. The van der Waals surface area contributed by atoms with Gasteiger partial charge in [0.15, 0.2) is 0 Å². The highest BCUT2D eigenvalue weighted by Gasteiger charge is 2.45. The number of morpholine rings is 1. The van der Waals surface area contributed by atoms with E-state index in [2.05, 4.69) is 10.2 Å². The summed E-state index contributed by atoms with van der Waals surface area (Å²) in [6.07, 6.45) is 1.24. The van der Waals surface area contributed by atoms with E-state index in [0.717, 1.165) is 31.6 Å². The van der Waals surface area contributed by atoms with Gasteiger partial charge in [-0.05, 0) is 25.0 Å². The van der Waals surface area contributed by atoms with Crippen molar-refractivity contribution < 1.29 is 19.1 Å². The van der Waals surface area contributed by atoms with E-state index in [4.69, 9.17) is 9.47 Å². The van der Waals surface area contributed by atoms with E-state index in [1.807, 2.05) is 29.2 Å². The first-order chi connectivity index (χ1) is 12.2. The fraction of sp³-hybridized carbons (Fsp3) is 0.556. The van der Waals surface area contributed by atoms with Crippen LogP contribution >= 0.6 is 0 Å². The molecule has 1 N–H and O–H groups in total. The highest BCUT2D eigenvalue weighted by atomic mass is 16.6. The lowest BCUT2D eigenvalue weighted by atomic mass is 9.92. The Morgan fingerprint density at radius 2 is 1.96 bits per heavy atom. The molecule has 0 aromatic heterocycles. The molecule has 3 saturated heterocycles. The lowest BCUT2D eigenvalue weighted by Gasteiger charge is -2.39. The van der Waals surface area contributed by atoms with E-state index >= 15 is 0 Å². The average Bonchev–Trinajstić information content (AvgIpc) is 3.01. The van der Waals surface area contributed by atoms with Crippen LogP contribution in [0.3, 0.4) is 0 Å². The molecule has 3 heterocycles. The van der Waals surface area contributed by atoms with Crippen LogP contribution in [0.1, 0.15) is 23.2 Å². The number of nitrogens with zero attached hydrogens (tertiary/aromatic N) is 2. The number of rotatable bonds is 2. The number of piperidine rings is 1. The molecule has 1 aromatic carbocycles. The van der Waals surface area contributed by atoms with Crippen molar-refractivity contribution in [2.75, 3.05) is 50.8 Å². The first-order valence-corrected chi connectivity index (χ1v) is 8.85. The molecule has 1 atom stereocenters. The van der Waals surface area contributed by atoms with Gasteiger partial charge in [-0.1, -0.05) is 12.1 Å². The summed E-state index contributed by atoms with van der Waals surface area (Å²) in [5.41, 5.74) is 1.09. The lowest BCUT2D eigenvalue weighted by molar-refractivity contribution is -0.00502. The number of alkyl carbamates (subject to hydrolysis) is 1. The van der Waals surface area contributed by atoms with Gasteiger partial charge in [0.05, 0.1) is 31.9 Å². The standard InChI is InChI=1S/C18H23N3O4/c22-16(21-7-3-6-18(13-21)12-19-17(23)25-18)14-4-1-2-5-15(14)20-8-10-24-11-9-20/h1-2,4-5H,3,6-13H2,(H,19,23). The largest absolute Gasteiger partial charge is 0.439 e. The van der Waals surface area contributed by atoms with Crippen molar-refractivity contribution in [3.05, 3.63) is 29.8 Å². The zero-order chi connectivity index (χ0) is 17.3. The van der Waals surface area contributed by atoms with Crippen LogP contribution in [0.2, 0.25) is 0 Å². The number of para-hydroxylation sites is 1. The van der Waals surface area contributed by atoms with Crippen molar-refractivity contribution in [3.63, 3.8) is 0 Å². The molecule has 7 nitrogen and oxygen atoms in total. The Kier molecular flexibility index (Phi) is 4.25. The van der Waals surface area contributed by atoms with Gasteiger partial charge in [0.25, 0.3) is 5.91 Å². The third-order valence-electron chi connectivity index (χ3n) is 5.18. The van der Waals surface area contributed by atoms with E-state index in [-0.39, 0.29) is 12.0 Å². The minimum atomic E-state index is -0.571. The molecule has 0 bridgehead atoms. The summed E-state index contributed by atoms with van der Waals surface area (Å²) in [6.45, 7) is 4.54. The van der Waals surface area contributed by atoms with Crippen LogP contribution in [0.5, 0.6) is 0 Å². The number of carbonyl (C=O) groups excluding carboxylic acids is 2. The number of benzene rings is 1. The van der Waals surface area contributed by atoms with Crippen LogP contribution in [0.15, 0.2) is 24.3 Å². The molecule has 1 aromatic rings. The van der Waals surface area contributed by atoms with Crippen molar-refractivity contribution >= 4 is 17.7 Å². The molecule has 0 aliphatic carbocycles. The first-order valence-electron chi connectivity index (χ1n) is 8.85. The minimum Gasteiger partial charge on any atom is -0.439 e. The second-order valence-corrected chi connectivity index (χ2v) is 6.87. The molecule has 3 fully saturated rings. The SMILES string of the molecule is O=C1NCC2(CCCN(C(=O)c3ccccc3N3CCOCC3)C2)O1. The zero-order valence-corrected chi connectivity index (χ0v) is 14.2. The van der Waals surface area contributed by atoms with Crippen molar-refractivity contribution in [2.24, 2.45) is 0 Å². The number of ether oxygens (including phenoxy) is 2. The molecule has 3 aliphatic heterocycles. The predicted molar refractivity (Wildman–Crippen MR) is 91.8 cm³/mol. The Hall–Kier alpha value is -2.28. The van der Waals surface area contributed by atoms with Crippen LogP contribution in [-0.2, 0) is 9.47 Å². The number of anilines is 1. The summed E-state index contributed by atoms with van der Waals surface area (Å²) in [5, 5.41) is 2.72. The van der Waals surface area contributed by atoms with Gasteiger partial charge >= 0.3 is 6.09 Å². The van der Waals surface area contributed by atoms with Gasteiger partial charge in [-0.25, -0.2) is 4.79 Å². The molecule has 0 saturated carbocycles. The molecule has 1 unspecified atom stereocenters. The third-order valence-corrected chi connectivity index (χ3v) is 5.18. The van der Waals surface area contributed by atoms with Crippen LogP contribution in [0.4, 0.5) is 10.5 Å². The van der Waals surface area contributed by atoms with Gasteiger partial charge in [0.2, 0.25) is 0 Å². The summed E-state index contributed by atoms with van der Waals surface area (Å²) >= 11 is 0. The second kappa shape index (κ2) is 6.55. The van der Waals surface area contributed by atoms with E-state index in [0.29, 0.717) is 38.4 Å². The highest BCUT2D eigenvalue weighted by Crippen LogP contribution is 2.30. The average molecular weight is 345 g/mol. The molecule has 0 radical (unpaired) electrons. The number of amides is 2. The number of hydrogen-bond acceptors (Lipinski definition) is 5. The van der Waals surface area contributed by atoms with Gasteiger partial charge in [-0.2, -0.15) is 0 Å². The Bertz CT molecular complexity index is 674. The molecule has 25 heavy (non-hydrogen) atoms. The smallest absolute Gasteiger partial charge is 0.407 e. The third kappa shape index (κ3) is 3.16. The monoisotopic (exact) mass is 345 g/mol. The van der Waals surface area contributed by atoms with Gasteiger partial charge < -0.3 is 24.6 Å². The second-order valence-electron chi connectivity index (χ2n) is 6.87. The maximum Gasteiger partial charge on any atom is 0.407 e. The van der Waals surface area contributed by atoms with Crippen molar-refractivity contribution in [3.8, 4) is 0 Å². The molecule has 3 aliphatic rings. The van der Waals surface area contributed by atoms with Crippen LogP contribution in [0, 0.1) is 0 Å². The minimum absolute atomic E-state index is 0.00381. The fourth-order valence-electron chi connectivity index (χ4n) is 3.91. The highest BCUT2D eigenvalue weighted by molar-refractivity contribution is 6.00. The Morgan fingerprint density at radius 1 is 1.16 bits per heavy atom. The number of carbonyl (C=O) groups is 2. The molecule has 134 valence electrons. The molecule has 4 rings (SSSR count). The molecule has 2 amide bonds. The fourth-order valence-corrected chi connectivity index (χ4v) is 3.91. The quantitative estimate of drug-likeness (QED) is 0.873. The number of likely N-dealkylation sites (tertiary alicyclic amines) is 1. The summed E-state index contributed by atoms with van der Waals surface area (Å²) in [6, 6.07) is 7.73. The zero-order valence-electron chi connectivity index (χ0n) is 14.2. The summed E-state index contributed by atoms with van der Waals surface area (Å²) < 4.78 is 10.9. The number of hydrogen-bond donors (Lipinski definition) is 1. The lowest BCUT2D eigenvalue weighted by Crippen LogP contribution is -2.52. The molecule has 7 heteroatoms. The first kappa shape index (κ1) is 16.2. The van der Waals surface area contributed by atoms with Crippen LogP contribution in [0.25, 0.3) is 0 Å². The maximum atomic E-state index is 13.2. The molecule has 1 spiro atoms. The van der Waals surface area contributed by atoms with Crippen molar-refractivity contribution in [1.82, 2.24) is 10.2 Å².